The number of hydrogen-bond donors (Lipinski definition) is 3. The van der Waals surface area contributed by atoms with Crippen molar-refractivity contribution in [2.75, 3.05) is 13.6 Å². The molecule has 0 heterocycles. The number of rotatable bonds is 9. The fraction of sp³-hybridized carbons (Fsp3) is 0.611. The number of hydrogen-bond acceptors (Lipinski definition) is 3. The van der Waals surface area contributed by atoms with Gasteiger partial charge in [0.2, 0.25) is 10.0 Å². The lowest BCUT2D eigenvalue weighted by molar-refractivity contribution is 0.568. The molecule has 0 fully saturated rings. The minimum absolute atomic E-state index is 0.0254. The van der Waals surface area contributed by atoms with Crippen molar-refractivity contribution in [3.8, 4) is 0 Å². The van der Waals surface area contributed by atoms with Gasteiger partial charge >= 0.3 is 0 Å². The van der Waals surface area contributed by atoms with Crippen LogP contribution in [0, 0.1) is 5.92 Å². The monoisotopic (exact) mass is 368 g/mol. The van der Waals surface area contributed by atoms with Crippen molar-refractivity contribution < 1.29 is 8.42 Å². The van der Waals surface area contributed by atoms with E-state index in [1.54, 1.807) is 7.05 Å². The average Bonchev–Trinajstić information content (AvgIpc) is 2.50. The predicted octanol–water partition coefficient (Wildman–Crippen LogP) is 2.23. The lowest BCUT2D eigenvalue weighted by Crippen LogP contribution is -2.38. The number of benzene rings is 1. The summed E-state index contributed by atoms with van der Waals surface area (Å²) in [4.78, 5) is 4.21. The smallest absolute Gasteiger partial charge is 0.216 e. The maximum atomic E-state index is 12.2. The standard InChI is InChI=1S/C18H32N4O2S/c1-14(2)10-11-20-18(19-5)21-12-16-8-6-7-9-17(16)13-25(23,24)22-15(3)4/h6-9,14-15,22H,10-13H2,1-5H3,(H2,19,20,21). The molecule has 0 bridgehead atoms. The number of sulfonamides is 1. The highest BCUT2D eigenvalue weighted by Gasteiger charge is 2.15. The first-order valence-electron chi connectivity index (χ1n) is 8.74. The summed E-state index contributed by atoms with van der Waals surface area (Å²) in [6, 6.07) is 7.46. The van der Waals surface area contributed by atoms with Gasteiger partial charge in [-0.2, -0.15) is 0 Å². The molecule has 3 N–H and O–H groups in total. The Morgan fingerprint density at radius 2 is 1.72 bits per heavy atom. The van der Waals surface area contributed by atoms with Gasteiger partial charge in [-0.1, -0.05) is 38.1 Å². The highest BCUT2D eigenvalue weighted by Crippen LogP contribution is 2.12. The lowest BCUT2D eigenvalue weighted by Gasteiger charge is -2.15. The van der Waals surface area contributed by atoms with E-state index in [0.717, 1.165) is 30.1 Å². The van der Waals surface area contributed by atoms with Crippen LogP contribution in [0.2, 0.25) is 0 Å². The Labute approximate surface area is 152 Å². The summed E-state index contributed by atoms with van der Waals surface area (Å²) in [6.07, 6.45) is 1.07. The van der Waals surface area contributed by atoms with Gasteiger partial charge in [0.25, 0.3) is 0 Å². The third-order valence-electron chi connectivity index (χ3n) is 3.56. The molecule has 0 spiro atoms. The summed E-state index contributed by atoms with van der Waals surface area (Å²) in [5, 5.41) is 6.52. The number of nitrogens with zero attached hydrogens (tertiary/aromatic N) is 1. The van der Waals surface area contributed by atoms with Gasteiger partial charge in [-0.05, 0) is 37.3 Å². The zero-order valence-corrected chi connectivity index (χ0v) is 16.8. The van der Waals surface area contributed by atoms with E-state index < -0.39 is 10.0 Å². The van der Waals surface area contributed by atoms with Crippen LogP contribution in [0.25, 0.3) is 0 Å². The van der Waals surface area contributed by atoms with Gasteiger partial charge < -0.3 is 10.6 Å². The largest absolute Gasteiger partial charge is 0.356 e. The molecule has 7 heteroatoms. The molecule has 0 saturated heterocycles. The van der Waals surface area contributed by atoms with Crippen molar-refractivity contribution >= 4 is 16.0 Å². The van der Waals surface area contributed by atoms with Crippen LogP contribution < -0.4 is 15.4 Å². The van der Waals surface area contributed by atoms with Crippen molar-refractivity contribution in [1.82, 2.24) is 15.4 Å². The molecule has 0 aliphatic rings. The highest BCUT2D eigenvalue weighted by atomic mass is 32.2. The van der Waals surface area contributed by atoms with Crippen molar-refractivity contribution in [2.24, 2.45) is 10.9 Å². The highest BCUT2D eigenvalue weighted by molar-refractivity contribution is 7.88. The average molecular weight is 369 g/mol. The Bertz CT molecular complexity index is 655. The van der Waals surface area contributed by atoms with Crippen LogP contribution in [0.15, 0.2) is 29.3 Å². The number of guanidine groups is 1. The van der Waals surface area contributed by atoms with E-state index in [1.165, 1.54) is 0 Å². The Morgan fingerprint density at radius 3 is 2.28 bits per heavy atom. The zero-order chi connectivity index (χ0) is 18.9. The first kappa shape index (κ1) is 21.4. The molecule has 0 aliphatic heterocycles. The van der Waals surface area contributed by atoms with Crippen LogP contribution in [0.1, 0.15) is 45.2 Å². The van der Waals surface area contributed by atoms with Crippen LogP contribution in [0.4, 0.5) is 0 Å². The summed E-state index contributed by atoms with van der Waals surface area (Å²) in [7, 11) is -1.62. The second kappa shape index (κ2) is 10.4. The van der Waals surface area contributed by atoms with Gasteiger partial charge in [0, 0.05) is 26.2 Å². The lowest BCUT2D eigenvalue weighted by atomic mass is 10.1. The van der Waals surface area contributed by atoms with Gasteiger partial charge in [0.1, 0.15) is 0 Å². The first-order valence-corrected chi connectivity index (χ1v) is 10.4. The molecule has 6 nitrogen and oxygen atoms in total. The summed E-state index contributed by atoms with van der Waals surface area (Å²) < 4.78 is 27.0. The van der Waals surface area contributed by atoms with Crippen LogP contribution in [-0.4, -0.2) is 34.0 Å². The van der Waals surface area contributed by atoms with Crippen molar-refractivity contribution in [3.63, 3.8) is 0 Å². The second-order valence-electron chi connectivity index (χ2n) is 6.84. The van der Waals surface area contributed by atoms with Gasteiger partial charge in [0.15, 0.2) is 5.96 Å². The molecular weight excluding hydrogens is 336 g/mol. The molecule has 0 aromatic heterocycles. The maximum absolute atomic E-state index is 12.2. The fourth-order valence-corrected chi connectivity index (χ4v) is 3.85. The van der Waals surface area contributed by atoms with Crippen LogP contribution in [0.5, 0.6) is 0 Å². The quantitative estimate of drug-likeness (QED) is 0.461. The third-order valence-corrected chi connectivity index (χ3v) is 5.08. The van der Waals surface area contributed by atoms with E-state index >= 15 is 0 Å². The number of aliphatic imine (C=N–C) groups is 1. The first-order chi connectivity index (χ1) is 11.7. The van der Waals surface area contributed by atoms with E-state index in [4.69, 9.17) is 0 Å². The summed E-state index contributed by atoms with van der Waals surface area (Å²) in [5.41, 5.74) is 1.74. The van der Waals surface area contributed by atoms with Gasteiger partial charge in [-0.3, -0.25) is 4.99 Å². The molecule has 0 aliphatic carbocycles. The van der Waals surface area contributed by atoms with Crippen molar-refractivity contribution in [1.29, 1.82) is 0 Å². The second-order valence-corrected chi connectivity index (χ2v) is 8.59. The minimum atomic E-state index is -3.35. The van der Waals surface area contributed by atoms with E-state index in [1.807, 2.05) is 38.1 Å². The van der Waals surface area contributed by atoms with Crippen LogP contribution >= 0.6 is 0 Å². The van der Waals surface area contributed by atoms with Gasteiger partial charge in [-0.15, -0.1) is 0 Å². The summed E-state index contributed by atoms with van der Waals surface area (Å²) in [5.74, 6) is 1.33. The Kier molecular flexibility index (Phi) is 8.92. The molecule has 0 unspecified atom stereocenters. The third kappa shape index (κ3) is 8.88. The molecule has 1 aromatic carbocycles. The molecular formula is C18H32N4O2S. The van der Waals surface area contributed by atoms with Gasteiger partial charge in [-0.25, -0.2) is 13.1 Å². The molecule has 0 radical (unpaired) electrons. The molecule has 1 rings (SSSR count). The fourth-order valence-electron chi connectivity index (χ4n) is 2.36. The van der Waals surface area contributed by atoms with Gasteiger partial charge in [0.05, 0.1) is 5.75 Å². The van der Waals surface area contributed by atoms with Crippen LogP contribution in [0.3, 0.4) is 0 Å². The zero-order valence-electron chi connectivity index (χ0n) is 16.0. The topological polar surface area (TPSA) is 82.6 Å². The summed E-state index contributed by atoms with van der Waals surface area (Å²) >= 11 is 0. The maximum Gasteiger partial charge on any atom is 0.216 e. The Balaban J connectivity index is 2.70. The molecule has 142 valence electrons. The van der Waals surface area contributed by atoms with E-state index in [0.29, 0.717) is 12.5 Å². The SMILES string of the molecule is CN=C(NCCC(C)C)NCc1ccccc1CS(=O)(=O)NC(C)C. The summed E-state index contributed by atoms with van der Waals surface area (Å²) in [6.45, 7) is 9.37. The Hall–Kier alpha value is -1.60. The molecule has 0 amide bonds. The Morgan fingerprint density at radius 1 is 1.08 bits per heavy atom. The predicted molar refractivity (Wildman–Crippen MR) is 105 cm³/mol. The molecule has 1 aromatic rings. The van der Waals surface area contributed by atoms with E-state index in [-0.39, 0.29) is 11.8 Å². The number of nitrogens with one attached hydrogen (secondary N) is 3. The van der Waals surface area contributed by atoms with Crippen molar-refractivity contribution in [2.45, 2.75) is 52.5 Å². The van der Waals surface area contributed by atoms with E-state index in [9.17, 15) is 8.42 Å². The normalized spacial score (nSPS) is 12.7. The minimum Gasteiger partial charge on any atom is -0.356 e. The van der Waals surface area contributed by atoms with Crippen molar-refractivity contribution in [3.05, 3.63) is 35.4 Å². The molecule has 25 heavy (non-hydrogen) atoms. The van der Waals surface area contributed by atoms with E-state index in [2.05, 4.69) is 34.2 Å². The molecule has 0 atom stereocenters. The van der Waals surface area contributed by atoms with Crippen LogP contribution in [-0.2, 0) is 22.3 Å². The molecule has 0 saturated carbocycles.